The molecule has 4 heterocycles. The second-order valence-corrected chi connectivity index (χ2v) is 9.81. The quantitative estimate of drug-likeness (QED) is 0.210. The van der Waals surface area contributed by atoms with E-state index in [1.165, 1.54) is 0 Å². The maximum atomic E-state index is 9.02. The van der Waals surface area contributed by atoms with Crippen LogP contribution in [-0.4, -0.2) is 29.1 Å². The fourth-order valence-electron chi connectivity index (χ4n) is 5.58. The zero-order valence-electron chi connectivity index (χ0n) is 35.5. The molecule has 4 aromatic heterocycles. The third-order valence-corrected chi connectivity index (χ3v) is 7.39. The fourth-order valence-corrected chi connectivity index (χ4v) is 5.58. The minimum absolute atomic E-state index is 0.0936. The predicted molar refractivity (Wildman–Crippen MR) is 177 cm³/mol. The van der Waals surface area contributed by atoms with Crippen LogP contribution in [0.3, 0.4) is 0 Å². The zero-order chi connectivity index (χ0) is 40.3. The number of hydrogen-bond acceptors (Lipinski definition) is 4. The van der Waals surface area contributed by atoms with Gasteiger partial charge in [-0.25, -0.2) is 4.98 Å². The maximum Gasteiger partial charge on any atom is 0.238 e. The number of fused-ring (bicyclic) bond motifs is 6. The molecule has 0 atom stereocenters. The molecule has 0 spiro atoms. The van der Waals surface area contributed by atoms with Gasteiger partial charge in [-0.15, -0.1) is 0 Å². The van der Waals surface area contributed by atoms with Gasteiger partial charge in [0, 0.05) is 33.5 Å². The predicted octanol–water partition coefficient (Wildman–Crippen LogP) is 8.79. The molecule has 0 saturated heterocycles. The molecule has 6 heteroatoms. The van der Waals surface area contributed by atoms with Crippen molar-refractivity contribution < 1.29 is 17.8 Å². The minimum Gasteiger partial charge on any atom is -0.307 e. The number of rotatable bonds is 4. The highest BCUT2D eigenvalue weighted by Gasteiger charge is 2.21. The van der Waals surface area contributed by atoms with E-state index in [9.17, 15) is 0 Å². The second-order valence-electron chi connectivity index (χ2n) is 9.81. The van der Waals surface area contributed by atoms with Crippen LogP contribution in [0, 0.1) is 0 Å². The zero-order valence-corrected chi connectivity index (χ0v) is 22.5. The highest BCUT2D eigenvalue weighted by molar-refractivity contribution is 6.09. The molecule has 5 aromatic carbocycles. The summed E-state index contributed by atoms with van der Waals surface area (Å²) in [7, 11) is 0. The van der Waals surface area contributed by atoms with Crippen molar-refractivity contribution in [3.63, 3.8) is 0 Å². The summed E-state index contributed by atoms with van der Waals surface area (Å²) in [6.07, 6.45) is 1.69. The van der Waals surface area contributed by atoms with Crippen molar-refractivity contribution in [1.29, 1.82) is 0 Å². The summed E-state index contributed by atoms with van der Waals surface area (Å²) < 4.78 is 116. The monoisotopic (exact) mass is 577 g/mol. The lowest BCUT2D eigenvalue weighted by Crippen LogP contribution is -2.07. The lowest BCUT2D eigenvalue weighted by Gasteiger charge is -2.15. The van der Waals surface area contributed by atoms with Gasteiger partial charge in [0.15, 0.2) is 11.6 Å². The van der Waals surface area contributed by atoms with E-state index in [2.05, 4.69) is 9.97 Å². The summed E-state index contributed by atoms with van der Waals surface area (Å²) in [6, 6.07) is 10.3. The van der Waals surface area contributed by atoms with E-state index in [0.717, 1.165) is 21.0 Å². The topological polar surface area (TPSA) is 61.4 Å². The van der Waals surface area contributed by atoms with Gasteiger partial charge in [0.2, 0.25) is 5.95 Å². The molecule has 0 saturated carbocycles. The number of aromatic nitrogens is 6. The van der Waals surface area contributed by atoms with Gasteiger partial charge in [-0.3, -0.25) is 9.55 Å². The van der Waals surface area contributed by atoms with E-state index in [4.69, 9.17) is 27.8 Å². The van der Waals surface area contributed by atoms with Gasteiger partial charge in [-0.05, 0) is 42.4 Å². The van der Waals surface area contributed by atoms with E-state index in [0.29, 0.717) is 16.8 Å². The largest absolute Gasteiger partial charge is 0.307 e. The van der Waals surface area contributed by atoms with E-state index in [1.807, 2.05) is 41.0 Å². The highest BCUT2D eigenvalue weighted by Crippen LogP contribution is 2.36. The van der Waals surface area contributed by atoms with Crippen LogP contribution in [0.25, 0.3) is 78.2 Å². The molecule has 0 aliphatic rings. The number of pyridine rings is 1. The van der Waals surface area contributed by atoms with Crippen molar-refractivity contribution in [2.24, 2.45) is 0 Å². The van der Waals surface area contributed by atoms with Crippen molar-refractivity contribution in [3.05, 3.63) is 145 Å². The molecule has 0 aliphatic carbocycles. The van der Waals surface area contributed by atoms with Crippen molar-refractivity contribution in [1.82, 2.24) is 29.1 Å². The first kappa shape index (κ1) is 14.8. The van der Waals surface area contributed by atoms with Crippen LogP contribution in [0.2, 0.25) is 0 Å². The molecule has 0 N–H and O–H groups in total. The fraction of sp³-hybridized carbons (Fsp3) is 0. The summed E-state index contributed by atoms with van der Waals surface area (Å²) in [5, 5.41) is 0.424. The summed E-state index contributed by atoms with van der Waals surface area (Å²) in [4.78, 5) is 18.8. The molecule has 0 radical (unpaired) electrons. The Kier molecular flexibility index (Phi) is 3.28. The molecule has 0 amide bonds. The molecule has 6 nitrogen and oxygen atoms in total. The van der Waals surface area contributed by atoms with Gasteiger partial charge >= 0.3 is 0 Å². The molecule has 0 fully saturated rings. The van der Waals surface area contributed by atoms with Gasteiger partial charge in [-0.1, -0.05) is 96.8 Å². The van der Waals surface area contributed by atoms with Crippen molar-refractivity contribution in [2.45, 2.75) is 0 Å². The van der Waals surface area contributed by atoms with Gasteiger partial charge in [0.05, 0.1) is 51.1 Å². The van der Waals surface area contributed by atoms with E-state index in [1.54, 1.807) is 30.5 Å². The van der Waals surface area contributed by atoms with E-state index >= 15 is 0 Å². The Morgan fingerprint density at radius 3 is 1.98 bits per heavy atom. The van der Waals surface area contributed by atoms with Crippen molar-refractivity contribution in [2.75, 3.05) is 0 Å². The molecule has 0 aliphatic heterocycles. The molecule has 44 heavy (non-hydrogen) atoms. The first-order valence-corrected chi connectivity index (χ1v) is 13.5. The Balaban J connectivity index is 1.48. The Morgan fingerprint density at radius 1 is 0.500 bits per heavy atom. The van der Waals surface area contributed by atoms with Gasteiger partial charge in [-0.2, -0.15) is 9.97 Å². The van der Waals surface area contributed by atoms with E-state index in [-0.39, 0.29) is 27.6 Å². The molecule has 206 valence electrons. The first-order valence-electron chi connectivity index (χ1n) is 20.0. The summed E-state index contributed by atoms with van der Waals surface area (Å²) >= 11 is 0. The van der Waals surface area contributed by atoms with Crippen LogP contribution in [0.4, 0.5) is 0 Å². The standard InChI is InChI=1S/C38H24N6/c1-2-13-25(14-3-1)36-40-37(42-38(41-36)44-30-19-8-4-15-26(30)27-16-5-9-20-31(27)44)29-18-7-11-22-33(29)43-32-21-10-6-17-28(32)35-34(43)23-12-24-39-35/h1-24H/i1D,2D,3D,4D,5D,8D,9D,13D,14D,15D,16D,19D,20D. The Morgan fingerprint density at radius 2 is 1.16 bits per heavy atom. The number of hydrogen-bond donors (Lipinski definition) is 0. The van der Waals surface area contributed by atoms with Crippen LogP contribution < -0.4 is 0 Å². The molecular weight excluding hydrogens is 540 g/mol. The molecule has 0 unspecified atom stereocenters. The average molecular weight is 578 g/mol. The van der Waals surface area contributed by atoms with Crippen molar-refractivity contribution >= 4 is 43.7 Å². The Bertz CT molecular complexity index is 3090. The number of para-hydroxylation sites is 4. The third-order valence-electron chi connectivity index (χ3n) is 7.39. The number of benzene rings is 5. The summed E-state index contributed by atoms with van der Waals surface area (Å²) in [6.45, 7) is 0. The minimum atomic E-state index is -0.659. The lowest BCUT2D eigenvalue weighted by molar-refractivity contribution is 0.951. The van der Waals surface area contributed by atoms with Gasteiger partial charge < -0.3 is 4.57 Å². The number of nitrogens with zero attached hydrogens (tertiary/aromatic N) is 6. The highest BCUT2D eigenvalue weighted by atomic mass is 15.2. The van der Waals surface area contributed by atoms with E-state index < -0.39 is 95.9 Å². The van der Waals surface area contributed by atoms with Gasteiger partial charge in [0.25, 0.3) is 0 Å². The molecule has 0 bridgehead atoms. The smallest absolute Gasteiger partial charge is 0.238 e. The van der Waals surface area contributed by atoms with Crippen LogP contribution in [0.5, 0.6) is 0 Å². The van der Waals surface area contributed by atoms with Crippen molar-refractivity contribution in [3.8, 4) is 34.4 Å². The molecule has 9 rings (SSSR count). The Hall–Kier alpha value is -6.14. The molecule has 9 aromatic rings. The maximum absolute atomic E-state index is 9.02. The second kappa shape index (κ2) is 9.71. The Labute approximate surface area is 270 Å². The normalized spacial score (nSPS) is 15.8. The van der Waals surface area contributed by atoms with Crippen LogP contribution in [0.15, 0.2) is 145 Å². The van der Waals surface area contributed by atoms with Crippen LogP contribution in [-0.2, 0) is 0 Å². The average Bonchev–Trinajstić information content (AvgIpc) is 3.76. The molecular formula is C38H24N6. The van der Waals surface area contributed by atoms with Gasteiger partial charge in [0.1, 0.15) is 0 Å². The summed E-state index contributed by atoms with van der Waals surface area (Å²) in [5.41, 5.74) is 2.22. The first-order chi connectivity index (χ1) is 27.2. The SMILES string of the molecule is [2H]c1c([2H])c([2H])c(-c2nc(-c3ccccc3-n3c4ccccc4c4ncccc43)nc(-n3c4c([2H])c([2H])c([2H])c([2H])c4c4c([2H])c([2H])c([2H])c([2H])c43)n2)c([2H])c1[2H]. The lowest BCUT2D eigenvalue weighted by atomic mass is 10.1. The summed E-state index contributed by atoms with van der Waals surface area (Å²) in [5.74, 6) is -0.901. The van der Waals surface area contributed by atoms with Crippen LogP contribution >= 0.6 is 0 Å². The third kappa shape index (κ3) is 3.68. The van der Waals surface area contributed by atoms with Crippen LogP contribution in [0.1, 0.15) is 17.8 Å².